The molecule has 0 unspecified atom stereocenters. The molecule has 0 aliphatic rings. The molecular formula is C12H13N3S. The normalized spacial score (nSPS) is 10.3. The largest absolute Gasteiger partial charge is 0.368 e. The highest BCUT2D eigenvalue weighted by Gasteiger charge is 2.02. The van der Waals surface area contributed by atoms with Crippen LogP contribution in [0.25, 0.3) is 0 Å². The Morgan fingerprint density at radius 1 is 1.25 bits per heavy atom. The molecule has 1 heterocycles. The van der Waals surface area contributed by atoms with Gasteiger partial charge in [-0.2, -0.15) is 0 Å². The van der Waals surface area contributed by atoms with Crippen LogP contribution in [0.4, 0.5) is 5.95 Å². The summed E-state index contributed by atoms with van der Waals surface area (Å²) in [6.45, 7) is 1.99. The number of benzene rings is 1. The molecule has 2 aromatic rings. The Labute approximate surface area is 99.1 Å². The third-order valence-corrected chi connectivity index (χ3v) is 3.33. The topological polar surface area (TPSA) is 51.8 Å². The van der Waals surface area contributed by atoms with Gasteiger partial charge >= 0.3 is 0 Å². The van der Waals surface area contributed by atoms with Crippen LogP contribution in [0.5, 0.6) is 0 Å². The minimum atomic E-state index is 0.334. The first kappa shape index (κ1) is 11.0. The van der Waals surface area contributed by atoms with Crippen molar-refractivity contribution in [3.63, 3.8) is 0 Å². The van der Waals surface area contributed by atoms with Crippen molar-refractivity contribution in [2.75, 3.05) is 5.73 Å². The molecule has 4 heteroatoms. The lowest BCUT2D eigenvalue weighted by atomic mass is 10.2. The van der Waals surface area contributed by atoms with E-state index >= 15 is 0 Å². The lowest BCUT2D eigenvalue weighted by Crippen LogP contribution is -1.97. The molecule has 1 aromatic heterocycles. The van der Waals surface area contributed by atoms with Crippen molar-refractivity contribution in [1.82, 2.24) is 9.97 Å². The molecule has 0 fully saturated rings. The monoisotopic (exact) mass is 231 g/mol. The van der Waals surface area contributed by atoms with Crippen LogP contribution in [-0.2, 0) is 5.75 Å². The van der Waals surface area contributed by atoms with E-state index in [1.807, 2.05) is 25.1 Å². The van der Waals surface area contributed by atoms with Crippen LogP contribution in [0.3, 0.4) is 0 Å². The molecule has 2 N–H and O–H groups in total. The molecule has 0 amide bonds. The van der Waals surface area contributed by atoms with Gasteiger partial charge in [0.15, 0.2) is 0 Å². The van der Waals surface area contributed by atoms with E-state index in [-0.39, 0.29) is 0 Å². The molecule has 2 rings (SSSR count). The summed E-state index contributed by atoms with van der Waals surface area (Å²) in [6, 6.07) is 10.3. The van der Waals surface area contributed by atoms with Crippen molar-refractivity contribution < 1.29 is 0 Å². The number of nitrogens with two attached hydrogens (primary N) is 1. The van der Waals surface area contributed by atoms with Gasteiger partial charge in [-0.05, 0) is 18.1 Å². The van der Waals surface area contributed by atoms with Gasteiger partial charge in [0.2, 0.25) is 5.95 Å². The van der Waals surface area contributed by atoms with Crippen molar-refractivity contribution in [2.45, 2.75) is 17.7 Å². The summed E-state index contributed by atoms with van der Waals surface area (Å²) in [5, 5.41) is 0.955. The van der Waals surface area contributed by atoms with Gasteiger partial charge in [-0.15, -0.1) is 11.8 Å². The molecular weight excluding hydrogens is 218 g/mol. The number of hydrogen-bond acceptors (Lipinski definition) is 4. The molecule has 16 heavy (non-hydrogen) atoms. The Morgan fingerprint density at radius 2 is 2.00 bits per heavy atom. The molecule has 1 aromatic carbocycles. The van der Waals surface area contributed by atoms with Crippen LogP contribution < -0.4 is 5.73 Å². The highest BCUT2D eigenvalue weighted by Crippen LogP contribution is 2.23. The van der Waals surface area contributed by atoms with Crippen LogP contribution in [-0.4, -0.2) is 9.97 Å². The number of thioether (sulfide) groups is 1. The van der Waals surface area contributed by atoms with Crippen LogP contribution in [0.2, 0.25) is 0 Å². The third kappa shape index (κ3) is 2.73. The van der Waals surface area contributed by atoms with E-state index in [0.717, 1.165) is 16.3 Å². The smallest absolute Gasteiger partial charge is 0.221 e. The molecule has 0 radical (unpaired) electrons. The van der Waals surface area contributed by atoms with Gasteiger partial charge in [-0.25, -0.2) is 9.97 Å². The van der Waals surface area contributed by atoms with Crippen molar-refractivity contribution >= 4 is 17.7 Å². The lowest BCUT2D eigenvalue weighted by molar-refractivity contribution is 1.02. The first-order valence-electron chi connectivity index (χ1n) is 5.01. The average Bonchev–Trinajstić information content (AvgIpc) is 2.32. The number of rotatable bonds is 3. The van der Waals surface area contributed by atoms with Crippen molar-refractivity contribution in [3.05, 3.63) is 47.7 Å². The van der Waals surface area contributed by atoms with Crippen molar-refractivity contribution in [3.8, 4) is 0 Å². The SMILES string of the molecule is Cc1cnc(N)nc1SCc1ccccc1. The standard InChI is InChI=1S/C12H13N3S/c1-9-7-14-12(13)15-11(9)16-8-10-5-3-2-4-6-10/h2-7H,8H2,1H3,(H2,13,14,15). The minimum Gasteiger partial charge on any atom is -0.368 e. The Balaban J connectivity index is 2.08. The van der Waals surface area contributed by atoms with E-state index in [4.69, 9.17) is 5.73 Å². The number of anilines is 1. The van der Waals surface area contributed by atoms with E-state index in [2.05, 4.69) is 22.1 Å². The molecule has 0 aliphatic carbocycles. The number of aryl methyl sites for hydroxylation is 1. The Kier molecular flexibility index (Phi) is 3.41. The molecule has 0 atom stereocenters. The summed E-state index contributed by atoms with van der Waals surface area (Å²) in [6.07, 6.45) is 1.76. The van der Waals surface area contributed by atoms with Crippen LogP contribution in [0.15, 0.2) is 41.6 Å². The van der Waals surface area contributed by atoms with Gasteiger partial charge in [-0.1, -0.05) is 30.3 Å². The summed E-state index contributed by atoms with van der Waals surface area (Å²) in [4.78, 5) is 8.17. The predicted octanol–water partition coefficient (Wildman–Crippen LogP) is 2.66. The molecule has 0 spiro atoms. The maximum Gasteiger partial charge on any atom is 0.221 e. The second kappa shape index (κ2) is 4.99. The summed E-state index contributed by atoms with van der Waals surface area (Å²) in [5.41, 5.74) is 7.91. The quantitative estimate of drug-likeness (QED) is 0.651. The number of nitrogen functional groups attached to an aromatic ring is 1. The second-order valence-corrected chi connectivity index (χ2v) is 4.45. The van der Waals surface area contributed by atoms with Crippen LogP contribution in [0, 0.1) is 6.92 Å². The van der Waals surface area contributed by atoms with E-state index in [1.165, 1.54) is 5.56 Å². The number of nitrogens with zero attached hydrogens (tertiary/aromatic N) is 2. The average molecular weight is 231 g/mol. The lowest BCUT2D eigenvalue weighted by Gasteiger charge is -2.04. The van der Waals surface area contributed by atoms with Crippen molar-refractivity contribution in [1.29, 1.82) is 0 Å². The van der Waals surface area contributed by atoms with E-state index in [1.54, 1.807) is 18.0 Å². The van der Waals surface area contributed by atoms with E-state index < -0.39 is 0 Å². The molecule has 0 saturated heterocycles. The van der Waals surface area contributed by atoms with Crippen molar-refractivity contribution in [2.24, 2.45) is 0 Å². The van der Waals surface area contributed by atoms with Gasteiger partial charge in [-0.3, -0.25) is 0 Å². The molecule has 82 valence electrons. The van der Waals surface area contributed by atoms with E-state index in [0.29, 0.717) is 5.95 Å². The van der Waals surface area contributed by atoms with Gasteiger partial charge in [0.1, 0.15) is 5.03 Å². The van der Waals surface area contributed by atoms with Crippen LogP contribution >= 0.6 is 11.8 Å². The fourth-order valence-electron chi connectivity index (χ4n) is 1.31. The zero-order chi connectivity index (χ0) is 11.4. The zero-order valence-corrected chi connectivity index (χ0v) is 9.87. The molecule has 0 saturated carbocycles. The maximum atomic E-state index is 5.56. The van der Waals surface area contributed by atoms with Crippen LogP contribution in [0.1, 0.15) is 11.1 Å². The fraction of sp³-hybridized carbons (Fsp3) is 0.167. The summed E-state index contributed by atoms with van der Waals surface area (Å²) in [7, 11) is 0. The summed E-state index contributed by atoms with van der Waals surface area (Å²) in [5.74, 6) is 1.24. The summed E-state index contributed by atoms with van der Waals surface area (Å²) >= 11 is 1.68. The first-order chi connectivity index (χ1) is 7.75. The third-order valence-electron chi connectivity index (χ3n) is 2.16. The first-order valence-corrected chi connectivity index (χ1v) is 6.00. The summed E-state index contributed by atoms with van der Waals surface area (Å²) < 4.78 is 0. The molecule has 3 nitrogen and oxygen atoms in total. The number of aromatic nitrogens is 2. The second-order valence-electron chi connectivity index (χ2n) is 3.49. The molecule has 0 aliphatic heterocycles. The maximum absolute atomic E-state index is 5.56. The van der Waals surface area contributed by atoms with E-state index in [9.17, 15) is 0 Å². The molecule has 0 bridgehead atoms. The Morgan fingerprint density at radius 3 is 2.75 bits per heavy atom. The van der Waals surface area contributed by atoms with Gasteiger partial charge < -0.3 is 5.73 Å². The number of hydrogen-bond donors (Lipinski definition) is 1. The predicted molar refractivity (Wildman–Crippen MR) is 67.2 cm³/mol. The Bertz CT molecular complexity index is 471. The highest BCUT2D eigenvalue weighted by atomic mass is 32.2. The van der Waals surface area contributed by atoms with Gasteiger partial charge in [0, 0.05) is 11.9 Å². The van der Waals surface area contributed by atoms with Gasteiger partial charge in [0.25, 0.3) is 0 Å². The Hall–Kier alpha value is -1.55. The van der Waals surface area contributed by atoms with Gasteiger partial charge in [0.05, 0.1) is 0 Å². The fourth-order valence-corrected chi connectivity index (χ4v) is 2.25. The highest BCUT2D eigenvalue weighted by molar-refractivity contribution is 7.98. The zero-order valence-electron chi connectivity index (χ0n) is 9.05. The minimum absolute atomic E-state index is 0.334.